The number of rotatable bonds is 10. The zero-order valence-corrected chi connectivity index (χ0v) is 20.7. The van der Waals surface area contributed by atoms with Crippen molar-refractivity contribution in [2.45, 2.75) is 52.2 Å². The average Bonchev–Trinajstić information content (AvgIpc) is 3.53. The fraction of sp³-hybridized carbons (Fsp3) is 0.444. The second-order valence-electron chi connectivity index (χ2n) is 9.08. The van der Waals surface area contributed by atoms with Crippen LogP contribution in [0.4, 0.5) is 11.4 Å². The van der Waals surface area contributed by atoms with Crippen molar-refractivity contribution in [3.63, 3.8) is 0 Å². The molecule has 0 saturated carbocycles. The molecule has 1 aliphatic heterocycles. The van der Waals surface area contributed by atoms with Gasteiger partial charge in [-0.3, -0.25) is 4.79 Å². The van der Waals surface area contributed by atoms with Crippen LogP contribution in [0.25, 0.3) is 11.0 Å². The first kappa shape index (κ1) is 24.7. The van der Waals surface area contributed by atoms with Gasteiger partial charge in [0.15, 0.2) is 5.69 Å². The van der Waals surface area contributed by atoms with Crippen LogP contribution in [-0.2, 0) is 27.2 Å². The summed E-state index contributed by atoms with van der Waals surface area (Å²) in [7, 11) is 1.35. The number of fused-ring (bicyclic) bond motifs is 1. The van der Waals surface area contributed by atoms with Crippen LogP contribution in [0.3, 0.4) is 0 Å². The molecule has 8 nitrogen and oxygen atoms in total. The number of nitrogens with zero attached hydrogens (tertiary/aromatic N) is 2. The lowest BCUT2D eigenvalue weighted by molar-refractivity contribution is -0.124. The van der Waals surface area contributed by atoms with E-state index >= 15 is 0 Å². The summed E-state index contributed by atoms with van der Waals surface area (Å²) in [5.41, 5.74) is 3.30. The molecule has 2 unspecified atom stereocenters. The smallest absolute Gasteiger partial charge is 0.356 e. The number of ether oxygens (including phenoxy) is 2. The van der Waals surface area contributed by atoms with Crippen LogP contribution in [0.1, 0.15) is 49.2 Å². The van der Waals surface area contributed by atoms with E-state index in [1.165, 1.54) is 7.11 Å². The molecule has 186 valence electrons. The number of pyridine rings is 1. The van der Waals surface area contributed by atoms with Crippen LogP contribution in [0.2, 0.25) is 0 Å². The molecular formula is C27H34N4O4. The van der Waals surface area contributed by atoms with Gasteiger partial charge in [0.1, 0.15) is 11.8 Å². The first-order valence-corrected chi connectivity index (χ1v) is 12.3. The Labute approximate surface area is 206 Å². The van der Waals surface area contributed by atoms with Gasteiger partial charge in [0.25, 0.3) is 5.91 Å². The van der Waals surface area contributed by atoms with E-state index in [2.05, 4.69) is 24.5 Å². The Morgan fingerprint density at radius 2 is 2.09 bits per heavy atom. The van der Waals surface area contributed by atoms with Gasteiger partial charge in [0.05, 0.1) is 24.7 Å². The summed E-state index contributed by atoms with van der Waals surface area (Å²) in [6.45, 7) is 6.21. The van der Waals surface area contributed by atoms with Crippen molar-refractivity contribution in [1.29, 1.82) is 0 Å². The monoisotopic (exact) mass is 478 g/mol. The highest BCUT2D eigenvalue weighted by atomic mass is 16.5. The van der Waals surface area contributed by atoms with Gasteiger partial charge in [0, 0.05) is 25.1 Å². The third-order valence-electron chi connectivity index (χ3n) is 6.57. The number of carbonyl (C=O) groups excluding carboxylic acids is 2. The van der Waals surface area contributed by atoms with Crippen molar-refractivity contribution < 1.29 is 19.1 Å². The van der Waals surface area contributed by atoms with Crippen LogP contribution in [0, 0.1) is 5.92 Å². The van der Waals surface area contributed by atoms with E-state index in [4.69, 9.17) is 14.5 Å². The number of hydrogen-bond acceptors (Lipinski definition) is 6. The molecule has 35 heavy (non-hydrogen) atoms. The molecule has 8 heteroatoms. The number of methoxy groups -OCH3 is 1. The molecular weight excluding hydrogens is 444 g/mol. The summed E-state index contributed by atoms with van der Waals surface area (Å²) in [6.07, 6.45) is 4.51. The van der Waals surface area contributed by atoms with Crippen molar-refractivity contribution in [3.05, 3.63) is 53.9 Å². The highest BCUT2D eigenvalue weighted by Crippen LogP contribution is 2.33. The Balaban J connectivity index is 1.76. The number of anilines is 2. The summed E-state index contributed by atoms with van der Waals surface area (Å²) in [5, 5.41) is 7.10. The molecule has 2 N–H and O–H groups in total. The zero-order chi connectivity index (χ0) is 24.8. The van der Waals surface area contributed by atoms with Crippen LogP contribution in [0.15, 0.2) is 42.6 Å². The maximum atomic E-state index is 13.0. The Morgan fingerprint density at radius 1 is 1.29 bits per heavy atom. The van der Waals surface area contributed by atoms with Gasteiger partial charge < -0.3 is 24.7 Å². The lowest BCUT2D eigenvalue weighted by Crippen LogP contribution is -2.28. The zero-order valence-electron chi connectivity index (χ0n) is 20.7. The molecule has 0 radical (unpaired) electrons. The highest BCUT2D eigenvalue weighted by molar-refractivity contribution is 6.12. The van der Waals surface area contributed by atoms with Crippen molar-refractivity contribution >= 4 is 34.3 Å². The lowest BCUT2D eigenvalue weighted by atomic mass is 10.1. The molecule has 0 spiro atoms. The minimum absolute atomic E-state index is 0.257. The van der Waals surface area contributed by atoms with E-state index in [0.717, 1.165) is 30.6 Å². The van der Waals surface area contributed by atoms with Crippen LogP contribution in [0.5, 0.6) is 0 Å². The number of aryl methyl sites for hydroxylation is 2. The average molecular weight is 479 g/mol. The first-order valence-electron chi connectivity index (χ1n) is 12.3. The minimum Gasteiger partial charge on any atom is -0.464 e. The fourth-order valence-electron chi connectivity index (χ4n) is 4.29. The standard InChI is InChI=1S/C27H34N4O4/c1-4-18(2)16-28-20-15-21-23(30-26(32)22-11-8-14-35-22)24(27(33)34-3)31(25(21)29-17-20)13-12-19-9-6-5-7-10-19/h5-7,9-10,15,17-18,22,28H,4,8,11-14,16H2,1-3H3,(H,30,32). The van der Waals surface area contributed by atoms with Crippen molar-refractivity contribution in [1.82, 2.24) is 9.55 Å². The summed E-state index contributed by atoms with van der Waals surface area (Å²) in [6, 6.07) is 12.0. The van der Waals surface area contributed by atoms with Crippen molar-refractivity contribution in [3.8, 4) is 0 Å². The molecule has 1 saturated heterocycles. The summed E-state index contributed by atoms with van der Waals surface area (Å²) in [5.74, 6) is -0.272. The molecule has 4 rings (SSSR count). The summed E-state index contributed by atoms with van der Waals surface area (Å²) >= 11 is 0. The quantitative estimate of drug-likeness (QED) is 0.412. The predicted octanol–water partition coefficient (Wildman–Crippen LogP) is 4.64. The number of hydrogen-bond donors (Lipinski definition) is 2. The number of esters is 1. The van der Waals surface area contributed by atoms with Crippen LogP contribution in [-0.4, -0.2) is 47.8 Å². The number of nitrogens with one attached hydrogen (secondary N) is 2. The van der Waals surface area contributed by atoms with Crippen molar-refractivity contribution in [2.24, 2.45) is 5.92 Å². The highest BCUT2D eigenvalue weighted by Gasteiger charge is 2.30. The van der Waals surface area contributed by atoms with Gasteiger partial charge in [-0.25, -0.2) is 9.78 Å². The molecule has 1 aliphatic rings. The van der Waals surface area contributed by atoms with E-state index < -0.39 is 12.1 Å². The van der Waals surface area contributed by atoms with E-state index in [-0.39, 0.29) is 11.6 Å². The molecule has 2 aromatic heterocycles. The second kappa shape index (κ2) is 11.4. The van der Waals surface area contributed by atoms with Gasteiger partial charge >= 0.3 is 5.97 Å². The molecule has 0 bridgehead atoms. The number of amides is 1. The van der Waals surface area contributed by atoms with Gasteiger partial charge in [-0.1, -0.05) is 50.6 Å². The summed E-state index contributed by atoms with van der Waals surface area (Å²) < 4.78 is 12.6. The lowest BCUT2D eigenvalue weighted by Gasteiger charge is -2.13. The minimum atomic E-state index is -0.525. The molecule has 0 aliphatic carbocycles. The van der Waals surface area contributed by atoms with Crippen LogP contribution < -0.4 is 10.6 Å². The Bertz CT molecular complexity index is 1170. The third kappa shape index (κ3) is 5.65. The molecule has 1 aromatic carbocycles. The second-order valence-corrected chi connectivity index (χ2v) is 9.08. The largest absolute Gasteiger partial charge is 0.464 e. The first-order chi connectivity index (χ1) is 17.0. The topological polar surface area (TPSA) is 94.5 Å². The van der Waals surface area contributed by atoms with Crippen LogP contribution >= 0.6 is 0 Å². The SMILES string of the molecule is CCC(C)CNc1cnc2c(c1)c(NC(=O)C1CCCO1)c(C(=O)OC)n2CCc1ccccc1. The third-order valence-corrected chi connectivity index (χ3v) is 6.57. The van der Waals surface area contributed by atoms with E-state index in [1.54, 1.807) is 6.20 Å². The number of aromatic nitrogens is 2. The Morgan fingerprint density at radius 3 is 2.77 bits per heavy atom. The van der Waals surface area contributed by atoms with Crippen molar-refractivity contribution in [2.75, 3.05) is 30.9 Å². The van der Waals surface area contributed by atoms with E-state index in [0.29, 0.717) is 48.6 Å². The predicted molar refractivity (Wildman–Crippen MR) is 137 cm³/mol. The molecule has 1 fully saturated rings. The maximum absolute atomic E-state index is 13.0. The number of carbonyl (C=O) groups is 2. The fourth-order valence-corrected chi connectivity index (χ4v) is 4.29. The molecule has 1 amide bonds. The summed E-state index contributed by atoms with van der Waals surface area (Å²) in [4.78, 5) is 30.7. The van der Waals surface area contributed by atoms with E-state index in [1.807, 2.05) is 41.0 Å². The molecule has 2 atom stereocenters. The maximum Gasteiger partial charge on any atom is 0.356 e. The van der Waals surface area contributed by atoms with Gasteiger partial charge in [0.2, 0.25) is 0 Å². The molecule has 3 aromatic rings. The van der Waals surface area contributed by atoms with E-state index in [9.17, 15) is 9.59 Å². The normalized spacial score (nSPS) is 16.3. The number of benzene rings is 1. The van der Waals surface area contributed by atoms with Gasteiger partial charge in [-0.2, -0.15) is 0 Å². The Hall–Kier alpha value is -3.39. The molecule has 3 heterocycles. The van der Waals surface area contributed by atoms with Gasteiger partial charge in [-0.15, -0.1) is 0 Å². The van der Waals surface area contributed by atoms with Gasteiger partial charge in [-0.05, 0) is 36.8 Å². The Kier molecular flexibility index (Phi) is 8.02.